The van der Waals surface area contributed by atoms with Gasteiger partial charge in [-0.3, -0.25) is 0 Å². The molecule has 0 N–H and O–H groups in total. The first-order valence-electron chi connectivity index (χ1n) is 18.8. The first-order valence-corrected chi connectivity index (χ1v) is 18.8. The van der Waals surface area contributed by atoms with Crippen molar-refractivity contribution in [3.8, 4) is 28.0 Å². The minimum absolute atomic E-state index is 0.121. The molecule has 3 aromatic rings. The fourth-order valence-corrected chi connectivity index (χ4v) is 6.20. The molecule has 0 saturated heterocycles. The van der Waals surface area contributed by atoms with E-state index in [4.69, 9.17) is 9.47 Å². The molecule has 0 saturated carbocycles. The van der Waals surface area contributed by atoms with E-state index in [2.05, 4.69) is 93.6 Å². The molecule has 3 aromatic carbocycles. The lowest BCUT2D eigenvalue weighted by Crippen LogP contribution is -2.02. The lowest BCUT2D eigenvalue weighted by molar-refractivity contribution is 0.0627. The second kappa shape index (κ2) is 23.7. The van der Waals surface area contributed by atoms with Crippen molar-refractivity contribution >= 4 is 0 Å². The SMILES string of the molecule is CCCCCCCCCCCCCCOC(C)c1ccc(-c2ccccc2-c2ccc(OCCCCCCCCC)cc2)cc1. The monoisotopic (exact) mass is 612 g/mol. The van der Waals surface area contributed by atoms with Crippen LogP contribution in [0.1, 0.15) is 154 Å². The third-order valence-electron chi connectivity index (χ3n) is 9.17. The minimum Gasteiger partial charge on any atom is -0.494 e. The van der Waals surface area contributed by atoms with Crippen LogP contribution in [-0.4, -0.2) is 13.2 Å². The Labute approximate surface area is 277 Å². The molecule has 0 aliphatic rings. The van der Waals surface area contributed by atoms with E-state index in [0.717, 1.165) is 31.8 Å². The van der Waals surface area contributed by atoms with Crippen molar-refractivity contribution in [3.05, 3.63) is 78.4 Å². The number of hydrogen-bond donors (Lipinski definition) is 0. The molecule has 0 aromatic heterocycles. The van der Waals surface area contributed by atoms with Crippen LogP contribution >= 0.6 is 0 Å². The average molecular weight is 613 g/mol. The highest BCUT2D eigenvalue weighted by atomic mass is 16.5. The standard InChI is InChI=1S/C43H64O2/c1-4-6-8-10-12-13-14-15-16-18-19-23-35-44-37(3)38-27-29-39(30-28-38)42-25-21-22-26-43(42)40-31-33-41(34-32-40)45-36-24-20-17-11-9-7-5-2/h21-22,25-34,37H,4-20,23-24,35-36H2,1-3H3. The number of hydrogen-bond acceptors (Lipinski definition) is 2. The molecule has 0 fully saturated rings. The molecule has 248 valence electrons. The van der Waals surface area contributed by atoms with Crippen LogP contribution in [0.3, 0.4) is 0 Å². The van der Waals surface area contributed by atoms with E-state index in [0.29, 0.717) is 0 Å². The molecule has 0 aliphatic heterocycles. The van der Waals surface area contributed by atoms with Gasteiger partial charge in [0.05, 0.1) is 12.7 Å². The molecule has 2 nitrogen and oxygen atoms in total. The Balaban J connectivity index is 1.37. The predicted octanol–water partition coefficient (Wildman–Crippen LogP) is 13.9. The van der Waals surface area contributed by atoms with Crippen LogP contribution in [0.4, 0.5) is 0 Å². The van der Waals surface area contributed by atoms with Crippen molar-refractivity contribution in [1.29, 1.82) is 0 Å². The normalized spacial score (nSPS) is 12.0. The molecule has 2 heteroatoms. The van der Waals surface area contributed by atoms with Crippen molar-refractivity contribution in [3.63, 3.8) is 0 Å². The quantitative estimate of drug-likeness (QED) is 0.0840. The molecule has 3 rings (SSSR count). The summed E-state index contributed by atoms with van der Waals surface area (Å²) < 4.78 is 12.3. The largest absolute Gasteiger partial charge is 0.494 e. The molecule has 0 spiro atoms. The van der Waals surface area contributed by atoms with Gasteiger partial charge < -0.3 is 9.47 Å². The second-order valence-electron chi connectivity index (χ2n) is 13.1. The van der Waals surface area contributed by atoms with Gasteiger partial charge in [-0.1, -0.05) is 184 Å². The second-order valence-corrected chi connectivity index (χ2v) is 13.1. The highest BCUT2D eigenvalue weighted by Gasteiger charge is 2.10. The zero-order chi connectivity index (χ0) is 31.8. The molecule has 0 aliphatic carbocycles. The van der Waals surface area contributed by atoms with E-state index in [1.807, 2.05) is 0 Å². The van der Waals surface area contributed by atoms with Crippen LogP contribution < -0.4 is 4.74 Å². The van der Waals surface area contributed by atoms with Crippen molar-refractivity contribution in [2.75, 3.05) is 13.2 Å². The van der Waals surface area contributed by atoms with Crippen LogP contribution in [0.15, 0.2) is 72.8 Å². The predicted molar refractivity (Wildman–Crippen MR) is 196 cm³/mol. The lowest BCUT2D eigenvalue weighted by atomic mass is 9.94. The summed E-state index contributed by atoms with van der Waals surface area (Å²) in [6.45, 7) is 8.39. The summed E-state index contributed by atoms with van der Waals surface area (Å²) in [6, 6.07) is 26.3. The van der Waals surface area contributed by atoms with Gasteiger partial charge in [-0.2, -0.15) is 0 Å². The van der Waals surface area contributed by atoms with Crippen LogP contribution in [0.5, 0.6) is 5.75 Å². The lowest BCUT2D eigenvalue weighted by Gasteiger charge is -2.15. The third kappa shape index (κ3) is 15.0. The zero-order valence-corrected chi connectivity index (χ0v) is 29.2. The van der Waals surface area contributed by atoms with Crippen LogP contribution in [-0.2, 0) is 4.74 Å². The molecule has 0 radical (unpaired) electrons. The van der Waals surface area contributed by atoms with E-state index < -0.39 is 0 Å². The Hall–Kier alpha value is -2.58. The van der Waals surface area contributed by atoms with Gasteiger partial charge in [0.1, 0.15) is 5.75 Å². The van der Waals surface area contributed by atoms with Crippen molar-refractivity contribution in [2.45, 2.75) is 149 Å². The number of unbranched alkanes of at least 4 members (excludes halogenated alkanes) is 17. The van der Waals surface area contributed by atoms with Crippen molar-refractivity contribution < 1.29 is 9.47 Å². The molecule has 1 unspecified atom stereocenters. The fourth-order valence-electron chi connectivity index (χ4n) is 6.20. The third-order valence-corrected chi connectivity index (χ3v) is 9.17. The van der Waals surface area contributed by atoms with Crippen molar-refractivity contribution in [2.24, 2.45) is 0 Å². The summed E-state index contributed by atoms with van der Waals surface area (Å²) in [5, 5.41) is 0. The van der Waals surface area contributed by atoms with Crippen LogP contribution in [0.25, 0.3) is 22.3 Å². The van der Waals surface area contributed by atoms with Gasteiger partial charge in [-0.05, 0) is 59.7 Å². The van der Waals surface area contributed by atoms with E-state index in [9.17, 15) is 0 Å². The number of benzene rings is 3. The molecular formula is C43H64O2. The Kier molecular flexibility index (Phi) is 19.4. The molecule has 0 bridgehead atoms. The van der Waals surface area contributed by atoms with E-state index in [1.165, 1.54) is 137 Å². The summed E-state index contributed by atoms with van der Waals surface area (Å²) >= 11 is 0. The van der Waals surface area contributed by atoms with Gasteiger partial charge in [0.2, 0.25) is 0 Å². The van der Waals surface area contributed by atoms with Gasteiger partial charge in [-0.15, -0.1) is 0 Å². The summed E-state index contributed by atoms with van der Waals surface area (Å²) in [4.78, 5) is 0. The van der Waals surface area contributed by atoms with Crippen molar-refractivity contribution in [1.82, 2.24) is 0 Å². The van der Waals surface area contributed by atoms with Crippen LogP contribution in [0.2, 0.25) is 0 Å². The summed E-state index contributed by atoms with van der Waals surface area (Å²) in [5.74, 6) is 0.962. The van der Waals surface area contributed by atoms with Gasteiger partial charge >= 0.3 is 0 Å². The Morgan fingerprint density at radius 3 is 1.31 bits per heavy atom. The van der Waals surface area contributed by atoms with Gasteiger partial charge in [0.15, 0.2) is 0 Å². The fraction of sp³-hybridized carbons (Fsp3) is 0.581. The smallest absolute Gasteiger partial charge is 0.119 e. The van der Waals surface area contributed by atoms with Gasteiger partial charge in [-0.25, -0.2) is 0 Å². The van der Waals surface area contributed by atoms with E-state index >= 15 is 0 Å². The summed E-state index contributed by atoms with van der Waals surface area (Å²) in [6.07, 6.45) is 25.7. The zero-order valence-electron chi connectivity index (χ0n) is 29.2. The summed E-state index contributed by atoms with van der Waals surface area (Å²) in [5.41, 5.74) is 6.21. The van der Waals surface area contributed by atoms with Gasteiger partial charge in [0, 0.05) is 6.61 Å². The molecule has 45 heavy (non-hydrogen) atoms. The Morgan fingerprint density at radius 2 is 0.844 bits per heavy atom. The first kappa shape index (κ1) is 36.9. The molecule has 1 atom stereocenters. The van der Waals surface area contributed by atoms with E-state index in [-0.39, 0.29) is 6.10 Å². The van der Waals surface area contributed by atoms with Crippen LogP contribution in [0, 0.1) is 0 Å². The number of rotatable bonds is 26. The minimum atomic E-state index is 0.121. The number of ether oxygens (including phenoxy) is 2. The molecule has 0 heterocycles. The highest BCUT2D eigenvalue weighted by Crippen LogP contribution is 2.34. The van der Waals surface area contributed by atoms with E-state index in [1.54, 1.807) is 0 Å². The maximum absolute atomic E-state index is 6.22. The average Bonchev–Trinajstić information content (AvgIpc) is 3.08. The Bertz CT molecular complexity index is 1120. The molecule has 0 amide bonds. The topological polar surface area (TPSA) is 18.5 Å². The first-order chi connectivity index (χ1) is 22.2. The maximum Gasteiger partial charge on any atom is 0.119 e. The highest BCUT2D eigenvalue weighted by molar-refractivity contribution is 5.83. The van der Waals surface area contributed by atoms with Gasteiger partial charge in [0.25, 0.3) is 0 Å². The molecular weight excluding hydrogens is 548 g/mol. The Morgan fingerprint density at radius 1 is 0.444 bits per heavy atom. The maximum atomic E-state index is 6.22. The summed E-state index contributed by atoms with van der Waals surface area (Å²) in [7, 11) is 0.